The lowest BCUT2D eigenvalue weighted by atomic mass is 9.89. The van der Waals surface area contributed by atoms with E-state index in [1.807, 2.05) is 0 Å². The van der Waals surface area contributed by atoms with Gasteiger partial charge in [-0.05, 0) is 38.0 Å². The first-order valence-corrected chi connectivity index (χ1v) is 7.49. The van der Waals surface area contributed by atoms with E-state index in [-0.39, 0.29) is 0 Å². The summed E-state index contributed by atoms with van der Waals surface area (Å²) in [7, 11) is 0. The molecule has 18 heavy (non-hydrogen) atoms. The van der Waals surface area contributed by atoms with E-state index in [4.69, 9.17) is 11.6 Å². The van der Waals surface area contributed by atoms with E-state index in [0.29, 0.717) is 11.3 Å². The number of aromatic nitrogens is 2. The van der Waals surface area contributed by atoms with Crippen molar-refractivity contribution in [2.24, 2.45) is 5.92 Å². The van der Waals surface area contributed by atoms with Crippen molar-refractivity contribution in [1.82, 2.24) is 9.97 Å². The van der Waals surface area contributed by atoms with Crippen molar-refractivity contribution in [2.45, 2.75) is 50.3 Å². The zero-order chi connectivity index (χ0) is 12.4. The van der Waals surface area contributed by atoms with Crippen LogP contribution in [-0.4, -0.2) is 21.9 Å². The number of anilines is 1. The molecule has 0 bridgehead atoms. The van der Waals surface area contributed by atoms with Crippen LogP contribution < -0.4 is 5.32 Å². The standard InChI is InChI=1S/C14H20ClN3/c15-12-6-2-1-4-10(12)8-16-14-11-5-3-7-13(11)17-9-18-14/h9-10,12H,1-8H2,(H,16,17,18). The molecule has 1 aromatic rings. The summed E-state index contributed by atoms with van der Waals surface area (Å²) < 4.78 is 0. The lowest BCUT2D eigenvalue weighted by Crippen LogP contribution is -2.27. The molecular formula is C14H20ClN3. The second-order valence-corrected chi connectivity index (χ2v) is 6.00. The van der Waals surface area contributed by atoms with Crippen LogP contribution in [0.4, 0.5) is 5.82 Å². The van der Waals surface area contributed by atoms with E-state index in [9.17, 15) is 0 Å². The fourth-order valence-electron chi connectivity index (χ4n) is 3.13. The lowest BCUT2D eigenvalue weighted by Gasteiger charge is -2.27. The first-order chi connectivity index (χ1) is 8.84. The van der Waals surface area contributed by atoms with Crippen LogP contribution in [-0.2, 0) is 12.8 Å². The molecule has 1 aromatic heterocycles. The highest BCUT2D eigenvalue weighted by molar-refractivity contribution is 6.20. The zero-order valence-corrected chi connectivity index (χ0v) is 11.4. The normalized spacial score (nSPS) is 26.9. The van der Waals surface area contributed by atoms with Crippen molar-refractivity contribution in [3.8, 4) is 0 Å². The molecule has 2 aliphatic carbocycles. The Kier molecular flexibility index (Phi) is 3.69. The van der Waals surface area contributed by atoms with Gasteiger partial charge in [-0.25, -0.2) is 9.97 Å². The van der Waals surface area contributed by atoms with Crippen LogP contribution in [0.1, 0.15) is 43.4 Å². The molecule has 0 radical (unpaired) electrons. The molecule has 3 rings (SSSR count). The summed E-state index contributed by atoms with van der Waals surface area (Å²) in [6, 6.07) is 0. The highest BCUT2D eigenvalue weighted by atomic mass is 35.5. The van der Waals surface area contributed by atoms with Crippen LogP contribution in [0.25, 0.3) is 0 Å². The maximum absolute atomic E-state index is 6.39. The van der Waals surface area contributed by atoms with Gasteiger partial charge in [0, 0.05) is 23.2 Å². The molecule has 0 saturated heterocycles. The molecule has 0 amide bonds. The minimum atomic E-state index is 0.334. The Bertz CT molecular complexity index is 422. The minimum Gasteiger partial charge on any atom is -0.369 e. The van der Waals surface area contributed by atoms with Crippen molar-refractivity contribution >= 4 is 17.4 Å². The number of alkyl halides is 1. The summed E-state index contributed by atoms with van der Waals surface area (Å²) in [5.41, 5.74) is 2.57. The molecule has 1 N–H and O–H groups in total. The van der Waals surface area contributed by atoms with E-state index in [0.717, 1.165) is 31.6 Å². The predicted octanol–water partition coefficient (Wildman–Crippen LogP) is 3.17. The minimum absolute atomic E-state index is 0.334. The van der Waals surface area contributed by atoms with Gasteiger partial charge >= 0.3 is 0 Å². The number of fused-ring (bicyclic) bond motifs is 1. The summed E-state index contributed by atoms with van der Waals surface area (Å²) in [6.45, 7) is 0.956. The Hall–Kier alpha value is -0.830. The Morgan fingerprint density at radius 1 is 1.17 bits per heavy atom. The van der Waals surface area contributed by atoms with Gasteiger partial charge in [-0.15, -0.1) is 11.6 Å². The van der Waals surface area contributed by atoms with Gasteiger partial charge in [0.05, 0.1) is 0 Å². The number of aryl methyl sites for hydroxylation is 1. The molecule has 1 saturated carbocycles. The number of hydrogen-bond donors (Lipinski definition) is 1. The molecular weight excluding hydrogens is 246 g/mol. The second-order valence-electron chi connectivity index (χ2n) is 5.44. The first kappa shape index (κ1) is 12.2. The molecule has 0 aliphatic heterocycles. The number of rotatable bonds is 3. The first-order valence-electron chi connectivity index (χ1n) is 7.05. The van der Waals surface area contributed by atoms with Crippen molar-refractivity contribution in [2.75, 3.05) is 11.9 Å². The smallest absolute Gasteiger partial charge is 0.132 e. The van der Waals surface area contributed by atoms with E-state index in [1.165, 1.54) is 36.9 Å². The Morgan fingerprint density at radius 2 is 2.06 bits per heavy atom. The molecule has 2 atom stereocenters. The second kappa shape index (κ2) is 5.43. The molecule has 1 heterocycles. The van der Waals surface area contributed by atoms with Crippen LogP contribution in [0.2, 0.25) is 0 Å². The quantitative estimate of drug-likeness (QED) is 0.853. The fraction of sp³-hybridized carbons (Fsp3) is 0.714. The van der Waals surface area contributed by atoms with Gasteiger partial charge in [0.15, 0.2) is 0 Å². The van der Waals surface area contributed by atoms with Crippen LogP contribution >= 0.6 is 11.6 Å². The third-order valence-corrected chi connectivity index (χ3v) is 4.80. The zero-order valence-electron chi connectivity index (χ0n) is 10.7. The molecule has 2 aliphatic rings. The number of nitrogens with one attached hydrogen (secondary N) is 1. The Balaban J connectivity index is 1.65. The van der Waals surface area contributed by atoms with Gasteiger partial charge in [-0.1, -0.05) is 12.8 Å². The SMILES string of the molecule is ClC1CCCCC1CNc1ncnc2c1CCC2. The average molecular weight is 266 g/mol. The third kappa shape index (κ3) is 2.46. The van der Waals surface area contributed by atoms with E-state index < -0.39 is 0 Å². The molecule has 98 valence electrons. The van der Waals surface area contributed by atoms with Gasteiger partial charge in [0.1, 0.15) is 12.1 Å². The highest BCUT2D eigenvalue weighted by Gasteiger charge is 2.24. The summed E-state index contributed by atoms with van der Waals surface area (Å²) in [6.07, 6.45) is 10.1. The molecule has 3 nitrogen and oxygen atoms in total. The van der Waals surface area contributed by atoms with Crippen molar-refractivity contribution in [1.29, 1.82) is 0 Å². The van der Waals surface area contributed by atoms with Crippen LogP contribution in [0.5, 0.6) is 0 Å². The van der Waals surface area contributed by atoms with Crippen molar-refractivity contribution in [3.05, 3.63) is 17.6 Å². The Labute approximate surface area is 113 Å². The van der Waals surface area contributed by atoms with Crippen LogP contribution in [0.3, 0.4) is 0 Å². The third-order valence-electron chi connectivity index (χ3n) is 4.22. The average Bonchev–Trinajstić information content (AvgIpc) is 2.86. The van der Waals surface area contributed by atoms with Crippen LogP contribution in [0, 0.1) is 5.92 Å². The predicted molar refractivity (Wildman–Crippen MR) is 74.1 cm³/mol. The van der Waals surface area contributed by atoms with Crippen molar-refractivity contribution in [3.63, 3.8) is 0 Å². The van der Waals surface area contributed by atoms with Gasteiger partial charge in [-0.3, -0.25) is 0 Å². The maximum atomic E-state index is 6.39. The topological polar surface area (TPSA) is 37.8 Å². The largest absolute Gasteiger partial charge is 0.369 e. The molecule has 0 aromatic carbocycles. The number of hydrogen-bond acceptors (Lipinski definition) is 3. The van der Waals surface area contributed by atoms with E-state index >= 15 is 0 Å². The van der Waals surface area contributed by atoms with Gasteiger partial charge < -0.3 is 5.32 Å². The fourth-order valence-corrected chi connectivity index (χ4v) is 3.50. The molecule has 4 heteroatoms. The number of nitrogens with zero attached hydrogens (tertiary/aromatic N) is 2. The van der Waals surface area contributed by atoms with E-state index in [2.05, 4.69) is 15.3 Å². The molecule has 1 fully saturated rings. The lowest BCUT2D eigenvalue weighted by molar-refractivity contribution is 0.380. The molecule has 2 unspecified atom stereocenters. The number of halogens is 1. The summed E-state index contributed by atoms with van der Waals surface area (Å²) in [5, 5.41) is 3.84. The highest BCUT2D eigenvalue weighted by Crippen LogP contribution is 2.30. The van der Waals surface area contributed by atoms with Gasteiger partial charge in [-0.2, -0.15) is 0 Å². The van der Waals surface area contributed by atoms with Crippen LogP contribution in [0.15, 0.2) is 6.33 Å². The summed E-state index contributed by atoms with van der Waals surface area (Å²) >= 11 is 6.39. The monoisotopic (exact) mass is 265 g/mol. The molecule has 0 spiro atoms. The van der Waals surface area contributed by atoms with Gasteiger partial charge in [0.25, 0.3) is 0 Å². The van der Waals surface area contributed by atoms with Gasteiger partial charge in [0.2, 0.25) is 0 Å². The van der Waals surface area contributed by atoms with E-state index in [1.54, 1.807) is 6.33 Å². The van der Waals surface area contributed by atoms with Crippen molar-refractivity contribution < 1.29 is 0 Å². The Morgan fingerprint density at radius 3 is 2.94 bits per heavy atom. The maximum Gasteiger partial charge on any atom is 0.132 e. The summed E-state index contributed by atoms with van der Waals surface area (Å²) in [4.78, 5) is 8.75. The summed E-state index contributed by atoms with van der Waals surface area (Å²) in [5.74, 6) is 1.64.